The van der Waals surface area contributed by atoms with Crippen LogP contribution in [0.15, 0.2) is 10.5 Å². The first-order valence-corrected chi connectivity index (χ1v) is 5.57. The van der Waals surface area contributed by atoms with Gasteiger partial charge in [0.05, 0.1) is 0 Å². The molecule has 0 saturated carbocycles. The van der Waals surface area contributed by atoms with Gasteiger partial charge in [0.15, 0.2) is 0 Å². The lowest BCUT2D eigenvalue weighted by Gasteiger charge is -2.16. The summed E-state index contributed by atoms with van der Waals surface area (Å²) in [5.41, 5.74) is 4.06. The van der Waals surface area contributed by atoms with Gasteiger partial charge >= 0.3 is 0 Å². The van der Waals surface area contributed by atoms with Gasteiger partial charge < -0.3 is 4.42 Å². The van der Waals surface area contributed by atoms with Crippen LogP contribution < -0.4 is 11.3 Å². The molecular formula is C12H22N2O. The van der Waals surface area contributed by atoms with E-state index < -0.39 is 0 Å². The summed E-state index contributed by atoms with van der Waals surface area (Å²) in [5.74, 6) is 8.20. The molecule has 3 nitrogen and oxygen atoms in total. The molecule has 0 aromatic carbocycles. The largest absolute Gasteiger partial charge is 0.466 e. The zero-order valence-electron chi connectivity index (χ0n) is 10.1. The molecule has 0 saturated heterocycles. The SMILES string of the molecule is Cc1cc(C(CCC(C)C)NN)c(C)o1. The minimum Gasteiger partial charge on any atom is -0.466 e. The van der Waals surface area contributed by atoms with Crippen LogP contribution in [0, 0.1) is 19.8 Å². The molecule has 1 unspecified atom stereocenters. The summed E-state index contributed by atoms with van der Waals surface area (Å²) in [4.78, 5) is 0. The zero-order chi connectivity index (χ0) is 11.4. The fourth-order valence-corrected chi connectivity index (χ4v) is 1.83. The number of furan rings is 1. The quantitative estimate of drug-likeness (QED) is 0.580. The third-order valence-electron chi connectivity index (χ3n) is 2.69. The molecule has 3 heteroatoms. The van der Waals surface area contributed by atoms with Crippen LogP contribution in [-0.4, -0.2) is 0 Å². The highest BCUT2D eigenvalue weighted by atomic mass is 16.3. The molecule has 1 heterocycles. The van der Waals surface area contributed by atoms with Crippen molar-refractivity contribution in [3.05, 3.63) is 23.2 Å². The minimum atomic E-state index is 0.213. The Hall–Kier alpha value is -0.800. The summed E-state index contributed by atoms with van der Waals surface area (Å²) >= 11 is 0. The molecule has 0 radical (unpaired) electrons. The topological polar surface area (TPSA) is 51.2 Å². The van der Waals surface area contributed by atoms with E-state index in [-0.39, 0.29) is 6.04 Å². The second-order valence-electron chi connectivity index (χ2n) is 4.56. The molecule has 1 aromatic heterocycles. The number of aryl methyl sites for hydroxylation is 2. The Balaban J connectivity index is 2.69. The maximum atomic E-state index is 5.58. The molecule has 0 spiro atoms. The van der Waals surface area contributed by atoms with E-state index in [0.717, 1.165) is 17.9 Å². The molecule has 0 aliphatic heterocycles. The smallest absolute Gasteiger partial charge is 0.105 e. The van der Waals surface area contributed by atoms with Crippen molar-refractivity contribution in [3.8, 4) is 0 Å². The van der Waals surface area contributed by atoms with Crippen molar-refractivity contribution in [2.75, 3.05) is 0 Å². The van der Waals surface area contributed by atoms with E-state index in [9.17, 15) is 0 Å². The van der Waals surface area contributed by atoms with Crippen molar-refractivity contribution in [1.82, 2.24) is 5.43 Å². The molecule has 0 bridgehead atoms. The van der Waals surface area contributed by atoms with Crippen LogP contribution in [0.3, 0.4) is 0 Å². The van der Waals surface area contributed by atoms with Crippen LogP contribution in [0.25, 0.3) is 0 Å². The van der Waals surface area contributed by atoms with Crippen LogP contribution in [0.2, 0.25) is 0 Å². The average molecular weight is 210 g/mol. The van der Waals surface area contributed by atoms with E-state index in [0.29, 0.717) is 5.92 Å². The molecule has 0 aliphatic rings. The second-order valence-corrected chi connectivity index (χ2v) is 4.56. The highest BCUT2D eigenvalue weighted by Crippen LogP contribution is 2.25. The summed E-state index contributed by atoms with van der Waals surface area (Å²) in [6.45, 7) is 8.40. The molecule has 0 aliphatic carbocycles. The standard InChI is InChI=1S/C12H22N2O/c1-8(2)5-6-12(14-13)11-7-9(3)15-10(11)4/h7-8,12,14H,5-6,13H2,1-4H3. The van der Waals surface area contributed by atoms with Crippen LogP contribution >= 0.6 is 0 Å². The van der Waals surface area contributed by atoms with Crippen LogP contribution in [0.5, 0.6) is 0 Å². The van der Waals surface area contributed by atoms with Gasteiger partial charge in [-0.3, -0.25) is 11.3 Å². The lowest BCUT2D eigenvalue weighted by atomic mass is 9.98. The third-order valence-corrected chi connectivity index (χ3v) is 2.69. The van der Waals surface area contributed by atoms with Crippen LogP contribution in [0.4, 0.5) is 0 Å². The maximum absolute atomic E-state index is 5.58. The van der Waals surface area contributed by atoms with Gasteiger partial charge in [0.25, 0.3) is 0 Å². The Labute approximate surface area is 92.0 Å². The van der Waals surface area contributed by atoms with E-state index in [4.69, 9.17) is 10.3 Å². The number of hydrogen-bond acceptors (Lipinski definition) is 3. The Bertz CT molecular complexity index is 305. The Kier molecular flexibility index (Phi) is 4.36. The van der Waals surface area contributed by atoms with E-state index in [1.54, 1.807) is 0 Å². The molecular weight excluding hydrogens is 188 g/mol. The van der Waals surface area contributed by atoms with Crippen molar-refractivity contribution < 1.29 is 4.42 Å². The number of rotatable bonds is 5. The average Bonchev–Trinajstić information content (AvgIpc) is 2.46. The predicted octanol–water partition coefficient (Wildman–Crippen LogP) is 2.84. The van der Waals surface area contributed by atoms with Gasteiger partial charge in [-0.15, -0.1) is 0 Å². The first-order valence-electron chi connectivity index (χ1n) is 5.57. The number of nitrogens with one attached hydrogen (secondary N) is 1. The van der Waals surface area contributed by atoms with Gasteiger partial charge in [-0.25, -0.2) is 0 Å². The van der Waals surface area contributed by atoms with Crippen LogP contribution in [-0.2, 0) is 0 Å². The first kappa shape index (κ1) is 12.3. The maximum Gasteiger partial charge on any atom is 0.105 e. The highest BCUT2D eigenvalue weighted by Gasteiger charge is 2.15. The highest BCUT2D eigenvalue weighted by molar-refractivity contribution is 5.23. The minimum absolute atomic E-state index is 0.213. The lowest BCUT2D eigenvalue weighted by Crippen LogP contribution is -2.28. The first-order chi connectivity index (χ1) is 7.04. The van der Waals surface area contributed by atoms with Gasteiger partial charge in [0.2, 0.25) is 0 Å². The molecule has 1 aromatic rings. The van der Waals surface area contributed by atoms with Gasteiger partial charge in [0.1, 0.15) is 11.5 Å². The number of hydrogen-bond donors (Lipinski definition) is 2. The Morgan fingerprint density at radius 2 is 2.00 bits per heavy atom. The molecule has 1 atom stereocenters. The van der Waals surface area contributed by atoms with Gasteiger partial charge in [-0.2, -0.15) is 0 Å². The van der Waals surface area contributed by atoms with E-state index >= 15 is 0 Å². The van der Waals surface area contributed by atoms with E-state index in [1.807, 2.05) is 13.8 Å². The van der Waals surface area contributed by atoms with Crippen LogP contribution in [0.1, 0.15) is 49.8 Å². The monoisotopic (exact) mass is 210 g/mol. The predicted molar refractivity (Wildman–Crippen MR) is 62.3 cm³/mol. The molecule has 0 fully saturated rings. The fourth-order valence-electron chi connectivity index (χ4n) is 1.83. The molecule has 86 valence electrons. The van der Waals surface area contributed by atoms with Gasteiger partial charge in [-0.1, -0.05) is 13.8 Å². The summed E-state index contributed by atoms with van der Waals surface area (Å²) < 4.78 is 5.51. The summed E-state index contributed by atoms with van der Waals surface area (Å²) in [5, 5.41) is 0. The molecule has 0 amide bonds. The summed E-state index contributed by atoms with van der Waals surface area (Å²) in [6.07, 6.45) is 2.21. The normalized spacial score (nSPS) is 13.5. The summed E-state index contributed by atoms with van der Waals surface area (Å²) in [7, 11) is 0. The zero-order valence-corrected chi connectivity index (χ0v) is 10.1. The van der Waals surface area contributed by atoms with E-state index in [2.05, 4.69) is 25.3 Å². The van der Waals surface area contributed by atoms with Crippen molar-refractivity contribution in [1.29, 1.82) is 0 Å². The third kappa shape index (κ3) is 3.36. The Morgan fingerprint density at radius 3 is 2.40 bits per heavy atom. The Morgan fingerprint density at radius 1 is 1.33 bits per heavy atom. The molecule has 3 N–H and O–H groups in total. The summed E-state index contributed by atoms with van der Waals surface area (Å²) in [6, 6.07) is 2.28. The van der Waals surface area contributed by atoms with Crippen molar-refractivity contribution in [3.63, 3.8) is 0 Å². The number of hydrazine groups is 1. The van der Waals surface area contributed by atoms with E-state index in [1.165, 1.54) is 12.0 Å². The fraction of sp³-hybridized carbons (Fsp3) is 0.667. The number of nitrogens with two attached hydrogens (primary N) is 1. The molecule has 15 heavy (non-hydrogen) atoms. The van der Waals surface area contributed by atoms with Crippen molar-refractivity contribution in [2.24, 2.45) is 11.8 Å². The van der Waals surface area contributed by atoms with Crippen molar-refractivity contribution in [2.45, 2.75) is 46.6 Å². The van der Waals surface area contributed by atoms with Gasteiger partial charge in [0, 0.05) is 11.6 Å². The van der Waals surface area contributed by atoms with Gasteiger partial charge in [-0.05, 0) is 38.7 Å². The lowest BCUT2D eigenvalue weighted by molar-refractivity contribution is 0.436. The second kappa shape index (κ2) is 5.33. The van der Waals surface area contributed by atoms with Crippen molar-refractivity contribution >= 4 is 0 Å². The molecule has 1 rings (SSSR count).